The quantitative estimate of drug-likeness (QED) is 0.638. The van der Waals surface area contributed by atoms with E-state index in [0.717, 1.165) is 4.57 Å². The largest absolute Gasteiger partial charge is 0.390 e. The van der Waals surface area contributed by atoms with Gasteiger partial charge in [0.25, 0.3) is 5.56 Å². The van der Waals surface area contributed by atoms with Gasteiger partial charge in [-0.1, -0.05) is 0 Å². The smallest absolute Gasteiger partial charge is 0.330 e. The summed E-state index contributed by atoms with van der Waals surface area (Å²) < 4.78 is 2.38. The fourth-order valence-corrected chi connectivity index (χ4v) is 2.22. The van der Waals surface area contributed by atoms with Crippen LogP contribution in [0, 0.1) is 0 Å². The zero-order valence-electron chi connectivity index (χ0n) is 12.2. The summed E-state index contributed by atoms with van der Waals surface area (Å²) in [6.45, 7) is 3.32. The van der Waals surface area contributed by atoms with Crippen molar-refractivity contribution in [2.24, 2.45) is 0 Å². The standard InChI is InChI=1S/C13H20N4O4/c1-13(2,21)5-3-4-6-17-11(19)9-10(15-12(17)20)14-7-16(9)8-18/h7,18,21H,3-6,8H2,1-2H3,(H,15,20). The number of aliphatic hydroxyl groups excluding tert-OH is 1. The monoisotopic (exact) mass is 296 g/mol. The molecule has 21 heavy (non-hydrogen) atoms. The zero-order valence-corrected chi connectivity index (χ0v) is 12.2. The molecule has 0 saturated heterocycles. The van der Waals surface area contributed by atoms with Crippen molar-refractivity contribution in [3.63, 3.8) is 0 Å². The first kappa shape index (κ1) is 15.5. The summed E-state index contributed by atoms with van der Waals surface area (Å²) in [5.41, 5.74) is -1.38. The van der Waals surface area contributed by atoms with Crippen LogP contribution in [-0.2, 0) is 13.3 Å². The lowest BCUT2D eigenvalue weighted by molar-refractivity contribution is 0.0678. The van der Waals surface area contributed by atoms with Crippen LogP contribution in [0.15, 0.2) is 15.9 Å². The van der Waals surface area contributed by atoms with Crippen LogP contribution in [0.2, 0.25) is 0 Å². The molecule has 0 aliphatic rings. The number of nitrogens with one attached hydrogen (secondary N) is 1. The Bertz CT molecular complexity index is 735. The van der Waals surface area contributed by atoms with Gasteiger partial charge in [-0.2, -0.15) is 0 Å². The van der Waals surface area contributed by atoms with E-state index < -0.39 is 16.9 Å². The first-order valence-corrected chi connectivity index (χ1v) is 6.84. The van der Waals surface area contributed by atoms with E-state index in [4.69, 9.17) is 5.11 Å². The van der Waals surface area contributed by atoms with E-state index in [0.29, 0.717) is 19.3 Å². The lowest BCUT2D eigenvalue weighted by Crippen LogP contribution is -2.36. The summed E-state index contributed by atoms with van der Waals surface area (Å²) in [5, 5.41) is 18.8. The van der Waals surface area contributed by atoms with Gasteiger partial charge in [0.2, 0.25) is 0 Å². The number of rotatable bonds is 6. The fourth-order valence-electron chi connectivity index (χ4n) is 2.22. The minimum atomic E-state index is -0.753. The summed E-state index contributed by atoms with van der Waals surface area (Å²) >= 11 is 0. The van der Waals surface area contributed by atoms with Gasteiger partial charge in [0, 0.05) is 6.54 Å². The zero-order chi connectivity index (χ0) is 15.6. The Morgan fingerprint density at radius 3 is 2.67 bits per heavy atom. The molecule has 0 bridgehead atoms. The third-order valence-corrected chi connectivity index (χ3v) is 3.33. The second-order valence-corrected chi connectivity index (χ2v) is 5.71. The molecule has 3 N–H and O–H groups in total. The average molecular weight is 296 g/mol. The van der Waals surface area contributed by atoms with E-state index in [1.165, 1.54) is 10.9 Å². The molecule has 2 heterocycles. The number of unbranched alkanes of at least 4 members (excludes halogenated alkanes) is 1. The molecule has 116 valence electrons. The van der Waals surface area contributed by atoms with Gasteiger partial charge in [0.05, 0.1) is 11.9 Å². The SMILES string of the molecule is CC(C)(O)CCCCn1c(=O)[nH]c2ncn(CO)c2c1=O. The molecule has 0 aliphatic carbocycles. The van der Waals surface area contributed by atoms with E-state index in [9.17, 15) is 14.7 Å². The Morgan fingerprint density at radius 2 is 2.05 bits per heavy atom. The van der Waals surface area contributed by atoms with Crippen LogP contribution >= 0.6 is 0 Å². The van der Waals surface area contributed by atoms with Crippen LogP contribution in [0.25, 0.3) is 11.2 Å². The maximum absolute atomic E-state index is 12.3. The molecule has 0 saturated carbocycles. The molecular formula is C13H20N4O4. The average Bonchev–Trinajstić information content (AvgIpc) is 2.79. The molecule has 0 radical (unpaired) electrons. The number of aromatic nitrogens is 4. The molecule has 0 atom stereocenters. The van der Waals surface area contributed by atoms with Crippen LogP contribution in [0.5, 0.6) is 0 Å². The first-order valence-electron chi connectivity index (χ1n) is 6.84. The van der Waals surface area contributed by atoms with E-state index >= 15 is 0 Å². The Labute approximate surface area is 120 Å². The van der Waals surface area contributed by atoms with Crippen LogP contribution in [-0.4, -0.2) is 34.9 Å². The number of hydrogen-bond acceptors (Lipinski definition) is 5. The minimum absolute atomic E-state index is 0.173. The molecule has 0 unspecified atom stereocenters. The van der Waals surface area contributed by atoms with Crippen molar-refractivity contribution in [3.8, 4) is 0 Å². The predicted molar refractivity (Wildman–Crippen MR) is 77.0 cm³/mol. The summed E-state index contributed by atoms with van der Waals surface area (Å²) in [5.74, 6) is 0. The first-order chi connectivity index (χ1) is 9.83. The third kappa shape index (κ3) is 3.40. The molecule has 8 heteroatoms. The third-order valence-electron chi connectivity index (χ3n) is 3.33. The van der Waals surface area contributed by atoms with Crippen molar-refractivity contribution in [1.29, 1.82) is 0 Å². The van der Waals surface area contributed by atoms with Gasteiger partial charge in [0.15, 0.2) is 11.2 Å². The molecule has 0 amide bonds. The van der Waals surface area contributed by atoms with Crippen molar-refractivity contribution in [2.45, 2.75) is 52.0 Å². The van der Waals surface area contributed by atoms with E-state index in [1.54, 1.807) is 13.8 Å². The van der Waals surface area contributed by atoms with Crippen LogP contribution < -0.4 is 11.2 Å². The minimum Gasteiger partial charge on any atom is -0.390 e. The Hall–Kier alpha value is -1.93. The van der Waals surface area contributed by atoms with E-state index in [2.05, 4.69) is 9.97 Å². The van der Waals surface area contributed by atoms with Crippen molar-refractivity contribution < 1.29 is 10.2 Å². The molecule has 2 rings (SSSR count). The van der Waals surface area contributed by atoms with Gasteiger partial charge in [-0.15, -0.1) is 0 Å². The number of hydrogen-bond donors (Lipinski definition) is 3. The lowest BCUT2D eigenvalue weighted by atomic mass is 10.0. The number of nitrogens with zero attached hydrogens (tertiary/aromatic N) is 3. The maximum atomic E-state index is 12.3. The Balaban J connectivity index is 2.24. The number of fused-ring (bicyclic) bond motifs is 1. The molecule has 0 aromatic carbocycles. The summed E-state index contributed by atoms with van der Waals surface area (Å²) in [4.78, 5) is 30.6. The summed E-state index contributed by atoms with van der Waals surface area (Å²) in [6, 6.07) is 0. The molecule has 2 aromatic rings. The van der Waals surface area contributed by atoms with Gasteiger partial charge >= 0.3 is 5.69 Å². The van der Waals surface area contributed by atoms with Gasteiger partial charge < -0.3 is 14.8 Å². The molecule has 0 aliphatic heterocycles. The van der Waals surface area contributed by atoms with Crippen LogP contribution in [0.3, 0.4) is 0 Å². The van der Waals surface area contributed by atoms with Gasteiger partial charge in [-0.05, 0) is 33.1 Å². The Morgan fingerprint density at radius 1 is 1.33 bits per heavy atom. The van der Waals surface area contributed by atoms with Gasteiger partial charge in [-0.3, -0.25) is 14.3 Å². The fraction of sp³-hybridized carbons (Fsp3) is 0.615. The number of aliphatic hydroxyl groups is 2. The molecular weight excluding hydrogens is 276 g/mol. The van der Waals surface area contributed by atoms with Crippen molar-refractivity contribution in [2.75, 3.05) is 0 Å². The predicted octanol–water partition coefficient (Wildman–Crippen LogP) is -0.223. The number of H-pyrrole nitrogens is 1. The van der Waals surface area contributed by atoms with E-state index in [-0.39, 0.29) is 24.4 Å². The van der Waals surface area contributed by atoms with Crippen LogP contribution in [0.1, 0.15) is 33.1 Å². The van der Waals surface area contributed by atoms with Crippen molar-refractivity contribution in [3.05, 3.63) is 27.2 Å². The number of aromatic amines is 1. The highest BCUT2D eigenvalue weighted by Gasteiger charge is 2.14. The second kappa shape index (κ2) is 5.82. The summed E-state index contributed by atoms with van der Waals surface area (Å²) in [6.07, 6.45) is 3.20. The van der Waals surface area contributed by atoms with Gasteiger partial charge in [0.1, 0.15) is 6.73 Å². The highest BCUT2D eigenvalue weighted by atomic mass is 16.3. The van der Waals surface area contributed by atoms with Crippen LogP contribution in [0.4, 0.5) is 0 Å². The molecule has 0 spiro atoms. The molecule has 0 fully saturated rings. The van der Waals surface area contributed by atoms with Crippen molar-refractivity contribution in [1.82, 2.24) is 19.1 Å². The lowest BCUT2D eigenvalue weighted by Gasteiger charge is -2.16. The van der Waals surface area contributed by atoms with Gasteiger partial charge in [-0.25, -0.2) is 9.78 Å². The molecule has 8 nitrogen and oxygen atoms in total. The Kier molecular flexibility index (Phi) is 4.29. The normalized spacial score (nSPS) is 12.2. The molecule has 2 aromatic heterocycles. The second-order valence-electron chi connectivity index (χ2n) is 5.71. The topological polar surface area (TPSA) is 113 Å². The van der Waals surface area contributed by atoms with E-state index in [1.807, 2.05) is 0 Å². The highest BCUT2D eigenvalue weighted by Crippen LogP contribution is 2.12. The highest BCUT2D eigenvalue weighted by molar-refractivity contribution is 5.68. The number of imidazole rings is 1. The summed E-state index contributed by atoms with van der Waals surface area (Å²) in [7, 11) is 0. The van der Waals surface area contributed by atoms with Crippen molar-refractivity contribution >= 4 is 11.2 Å². The maximum Gasteiger partial charge on any atom is 0.330 e.